The molecule has 1 aromatic carbocycles. The van der Waals surface area contributed by atoms with E-state index in [2.05, 4.69) is 17.3 Å². The van der Waals surface area contributed by atoms with Gasteiger partial charge in [0.2, 0.25) is 0 Å². The molecule has 2 amide bonds. The highest BCUT2D eigenvalue weighted by molar-refractivity contribution is 6.31. The monoisotopic (exact) mass is 390 g/mol. The second-order valence-electron chi connectivity index (χ2n) is 6.98. The fourth-order valence-corrected chi connectivity index (χ4v) is 3.81. The molecule has 1 unspecified atom stereocenters. The Morgan fingerprint density at radius 1 is 1.37 bits per heavy atom. The normalized spacial score (nSPS) is 19.2. The molecule has 3 rings (SSSR count). The maximum Gasteiger partial charge on any atom is 0.356 e. The van der Waals surface area contributed by atoms with Crippen molar-refractivity contribution in [2.24, 2.45) is 7.05 Å². The number of rotatable bonds is 4. The third-order valence-corrected chi connectivity index (χ3v) is 5.40. The number of methoxy groups -OCH3 is 1. The Balaban J connectivity index is 1.76. The van der Waals surface area contributed by atoms with Crippen molar-refractivity contribution >= 4 is 29.4 Å². The van der Waals surface area contributed by atoms with Crippen LogP contribution in [-0.4, -0.2) is 45.9 Å². The molecule has 7 nitrogen and oxygen atoms in total. The Labute approximate surface area is 163 Å². The molecule has 1 saturated heterocycles. The van der Waals surface area contributed by atoms with Crippen LogP contribution in [0.3, 0.4) is 0 Å². The molecule has 1 fully saturated rings. The van der Waals surface area contributed by atoms with Crippen LogP contribution in [0.25, 0.3) is 0 Å². The second-order valence-corrected chi connectivity index (χ2v) is 7.39. The van der Waals surface area contributed by atoms with E-state index in [1.807, 2.05) is 29.2 Å². The van der Waals surface area contributed by atoms with E-state index in [9.17, 15) is 9.59 Å². The third kappa shape index (κ3) is 3.93. The summed E-state index contributed by atoms with van der Waals surface area (Å²) in [5.41, 5.74) is 0.954. The number of esters is 1. The van der Waals surface area contributed by atoms with E-state index in [0.29, 0.717) is 23.8 Å². The standard InChI is InChI=1S/C19H23ClN4O3/c1-19(12-13-7-4-5-8-14(13)20)9-6-10-24(19)18(26)21-16-11-15(17(25)27-3)23(2)22-16/h4-5,7-8,11H,6,9-10,12H2,1-3H3,(H,21,22,26). The zero-order valence-corrected chi connectivity index (χ0v) is 16.4. The fourth-order valence-electron chi connectivity index (χ4n) is 3.61. The van der Waals surface area contributed by atoms with Crippen molar-refractivity contribution in [2.45, 2.75) is 31.7 Å². The number of aryl methyl sites for hydroxylation is 1. The number of urea groups is 1. The Kier molecular flexibility index (Phi) is 5.41. The van der Waals surface area contributed by atoms with Crippen LogP contribution in [0, 0.1) is 0 Å². The Bertz CT molecular complexity index is 866. The van der Waals surface area contributed by atoms with E-state index in [1.54, 1.807) is 7.05 Å². The number of nitrogens with zero attached hydrogens (tertiary/aromatic N) is 3. The van der Waals surface area contributed by atoms with Gasteiger partial charge < -0.3 is 9.64 Å². The summed E-state index contributed by atoms with van der Waals surface area (Å²) in [5, 5.41) is 7.67. The molecular formula is C19H23ClN4O3. The predicted octanol–water partition coefficient (Wildman–Crippen LogP) is 3.49. The van der Waals surface area contributed by atoms with Gasteiger partial charge in [0.15, 0.2) is 5.82 Å². The summed E-state index contributed by atoms with van der Waals surface area (Å²) in [6.07, 6.45) is 2.49. The van der Waals surface area contributed by atoms with E-state index in [-0.39, 0.29) is 17.3 Å². The minimum absolute atomic E-state index is 0.239. The summed E-state index contributed by atoms with van der Waals surface area (Å²) in [5.74, 6) is -0.190. The lowest BCUT2D eigenvalue weighted by molar-refractivity contribution is 0.0588. The van der Waals surface area contributed by atoms with Gasteiger partial charge in [-0.25, -0.2) is 9.59 Å². The summed E-state index contributed by atoms with van der Waals surface area (Å²) in [6, 6.07) is 8.96. The number of hydrogen-bond donors (Lipinski definition) is 1. The van der Waals surface area contributed by atoms with Crippen molar-refractivity contribution < 1.29 is 14.3 Å². The Hall–Kier alpha value is -2.54. The molecule has 1 aliphatic rings. The number of carbonyl (C=O) groups is 2. The molecule has 0 spiro atoms. The Morgan fingerprint density at radius 3 is 2.81 bits per heavy atom. The quantitative estimate of drug-likeness (QED) is 0.811. The number of carbonyl (C=O) groups excluding carboxylic acids is 2. The lowest BCUT2D eigenvalue weighted by Crippen LogP contribution is -2.48. The topological polar surface area (TPSA) is 76.5 Å². The van der Waals surface area contributed by atoms with Crippen molar-refractivity contribution in [3.05, 3.63) is 46.6 Å². The zero-order chi connectivity index (χ0) is 19.6. The van der Waals surface area contributed by atoms with Gasteiger partial charge in [-0.1, -0.05) is 29.8 Å². The maximum atomic E-state index is 12.9. The van der Waals surface area contributed by atoms with Crippen molar-refractivity contribution in [3.8, 4) is 0 Å². The van der Waals surface area contributed by atoms with Crippen molar-refractivity contribution in [1.29, 1.82) is 0 Å². The van der Waals surface area contributed by atoms with Gasteiger partial charge in [-0.2, -0.15) is 5.10 Å². The smallest absolute Gasteiger partial charge is 0.356 e. The highest BCUT2D eigenvalue weighted by Gasteiger charge is 2.40. The molecule has 2 aromatic rings. The molecule has 0 saturated carbocycles. The molecule has 0 bridgehead atoms. The molecule has 8 heteroatoms. The van der Waals surface area contributed by atoms with Gasteiger partial charge in [0.05, 0.1) is 7.11 Å². The number of amides is 2. The van der Waals surface area contributed by atoms with Crippen molar-refractivity contribution in [3.63, 3.8) is 0 Å². The summed E-state index contributed by atoms with van der Waals surface area (Å²) in [4.78, 5) is 26.4. The van der Waals surface area contributed by atoms with Gasteiger partial charge in [-0.05, 0) is 37.8 Å². The number of halogens is 1. The number of benzene rings is 1. The van der Waals surface area contributed by atoms with Crippen LogP contribution in [0.4, 0.5) is 10.6 Å². The van der Waals surface area contributed by atoms with Gasteiger partial charge in [-0.15, -0.1) is 0 Å². The summed E-state index contributed by atoms with van der Waals surface area (Å²) in [7, 11) is 2.93. The lowest BCUT2D eigenvalue weighted by atomic mass is 9.90. The first-order chi connectivity index (χ1) is 12.8. The number of nitrogens with one attached hydrogen (secondary N) is 1. The van der Waals surface area contributed by atoms with E-state index in [1.165, 1.54) is 17.9 Å². The van der Waals surface area contributed by atoms with Crippen LogP contribution in [0.2, 0.25) is 5.02 Å². The van der Waals surface area contributed by atoms with Crippen LogP contribution in [0.15, 0.2) is 30.3 Å². The average molecular weight is 391 g/mol. The second kappa shape index (κ2) is 7.60. The fraction of sp³-hybridized carbons (Fsp3) is 0.421. The summed E-state index contributed by atoms with van der Waals surface area (Å²) >= 11 is 6.31. The highest BCUT2D eigenvalue weighted by Crippen LogP contribution is 2.34. The molecule has 1 N–H and O–H groups in total. The summed E-state index contributed by atoms with van der Waals surface area (Å²) < 4.78 is 6.09. The minimum Gasteiger partial charge on any atom is -0.464 e. The van der Waals surface area contributed by atoms with E-state index in [4.69, 9.17) is 16.3 Å². The highest BCUT2D eigenvalue weighted by atomic mass is 35.5. The molecule has 2 heterocycles. The van der Waals surface area contributed by atoms with Gasteiger partial charge >= 0.3 is 12.0 Å². The van der Waals surface area contributed by atoms with Gasteiger partial charge in [-0.3, -0.25) is 10.00 Å². The number of anilines is 1. The van der Waals surface area contributed by atoms with Crippen molar-refractivity contribution in [1.82, 2.24) is 14.7 Å². The SMILES string of the molecule is COC(=O)c1cc(NC(=O)N2CCCC2(C)Cc2ccccc2Cl)nn1C. The number of hydrogen-bond acceptors (Lipinski definition) is 4. The molecule has 27 heavy (non-hydrogen) atoms. The van der Waals surface area contributed by atoms with Gasteiger partial charge in [0.25, 0.3) is 0 Å². The van der Waals surface area contributed by atoms with Crippen molar-refractivity contribution in [2.75, 3.05) is 19.0 Å². The van der Waals surface area contributed by atoms with E-state index >= 15 is 0 Å². The molecule has 0 aliphatic carbocycles. The number of aromatic nitrogens is 2. The van der Waals surface area contributed by atoms with Crippen LogP contribution >= 0.6 is 11.6 Å². The first kappa shape index (κ1) is 19.2. The largest absolute Gasteiger partial charge is 0.464 e. The minimum atomic E-state index is -0.504. The first-order valence-corrected chi connectivity index (χ1v) is 9.16. The summed E-state index contributed by atoms with van der Waals surface area (Å²) in [6.45, 7) is 2.73. The molecule has 1 aliphatic heterocycles. The number of likely N-dealkylation sites (tertiary alicyclic amines) is 1. The molecule has 144 valence electrons. The maximum absolute atomic E-state index is 12.9. The van der Waals surface area contributed by atoms with E-state index < -0.39 is 5.97 Å². The molecular weight excluding hydrogens is 368 g/mol. The number of ether oxygens (including phenoxy) is 1. The molecule has 1 aromatic heterocycles. The Morgan fingerprint density at radius 2 is 2.11 bits per heavy atom. The predicted molar refractivity (Wildman–Crippen MR) is 103 cm³/mol. The van der Waals surface area contributed by atoms with Crippen LogP contribution in [0.1, 0.15) is 35.8 Å². The van der Waals surface area contributed by atoms with E-state index in [0.717, 1.165) is 18.4 Å². The zero-order valence-electron chi connectivity index (χ0n) is 15.7. The van der Waals surface area contributed by atoms with Crippen LogP contribution in [-0.2, 0) is 18.2 Å². The first-order valence-electron chi connectivity index (χ1n) is 8.78. The average Bonchev–Trinajstić information content (AvgIpc) is 3.19. The molecule has 1 atom stereocenters. The molecule has 0 radical (unpaired) electrons. The third-order valence-electron chi connectivity index (χ3n) is 5.03. The van der Waals surface area contributed by atoms with Gasteiger partial charge in [0, 0.05) is 30.2 Å². The van der Waals surface area contributed by atoms with Crippen LogP contribution in [0.5, 0.6) is 0 Å². The lowest BCUT2D eigenvalue weighted by Gasteiger charge is -2.35. The van der Waals surface area contributed by atoms with Gasteiger partial charge in [0.1, 0.15) is 5.69 Å². The van der Waals surface area contributed by atoms with Crippen LogP contribution < -0.4 is 5.32 Å².